The van der Waals surface area contributed by atoms with Crippen molar-refractivity contribution in [2.24, 2.45) is 11.7 Å². The minimum absolute atomic E-state index is 0.0894. The van der Waals surface area contributed by atoms with E-state index in [9.17, 15) is 17.6 Å². The lowest BCUT2D eigenvalue weighted by atomic mass is 9.69. The zero-order chi connectivity index (χ0) is 18.9. The molecule has 0 radical (unpaired) electrons. The predicted octanol–water partition coefficient (Wildman–Crippen LogP) is 5.68. The van der Waals surface area contributed by atoms with Crippen LogP contribution in [-0.4, -0.2) is 4.98 Å². The molecule has 0 unspecified atom stereocenters. The molecule has 1 aromatic heterocycles. The van der Waals surface area contributed by atoms with Gasteiger partial charge in [-0.15, -0.1) is 0 Å². The van der Waals surface area contributed by atoms with Gasteiger partial charge >= 0.3 is 6.18 Å². The van der Waals surface area contributed by atoms with Crippen LogP contribution in [0.5, 0.6) is 0 Å². The van der Waals surface area contributed by atoms with Crippen molar-refractivity contribution in [3.05, 3.63) is 64.2 Å². The highest BCUT2D eigenvalue weighted by atomic mass is 35.5. The minimum Gasteiger partial charge on any atom is -0.316 e. The van der Waals surface area contributed by atoms with Crippen LogP contribution in [0.25, 0.3) is 0 Å². The van der Waals surface area contributed by atoms with Gasteiger partial charge in [-0.1, -0.05) is 30.9 Å². The number of alkyl halides is 3. The molecule has 0 aliphatic heterocycles. The fraction of sp³-hybridized carbons (Fsp3) is 0.421. The van der Waals surface area contributed by atoms with Gasteiger partial charge in [0.15, 0.2) is 0 Å². The molecule has 1 aliphatic carbocycles. The van der Waals surface area contributed by atoms with Gasteiger partial charge in [-0.2, -0.15) is 13.2 Å². The minimum atomic E-state index is -4.66. The lowest BCUT2D eigenvalue weighted by molar-refractivity contribution is -0.137. The normalized spacial score (nSPS) is 18.5. The van der Waals surface area contributed by atoms with Crippen molar-refractivity contribution in [2.45, 2.75) is 43.8 Å². The van der Waals surface area contributed by atoms with E-state index in [0.29, 0.717) is 16.8 Å². The lowest BCUT2D eigenvalue weighted by Gasteiger charge is -2.40. The highest BCUT2D eigenvalue weighted by Gasteiger charge is 2.42. The van der Waals surface area contributed by atoms with E-state index in [2.05, 4.69) is 4.98 Å². The standard InChI is InChI=1S/C19H19ClF4N2/c20-15-6-7-17(26-11-15)18(25,12-4-2-1-3-5-12)13-8-14(19(22,23)24)10-16(21)9-13/h6-12H,1-5,25H2/t18-/m0/s1. The molecular weight excluding hydrogens is 368 g/mol. The van der Waals surface area contributed by atoms with E-state index < -0.39 is 23.1 Å². The summed E-state index contributed by atoms with van der Waals surface area (Å²) in [5.74, 6) is -1.10. The fourth-order valence-corrected chi connectivity index (χ4v) is 3.88. The molecule has 2 nitrogen and oxygen atoms in total. The van der Waals surface area contributed by atoms with Crippen molar-refractivity contribution < 1.29 is 17.6 Å². The summed E-state index contributed by atoms with van der Waals surface area (Å²) in [5.41, 5.74) is 4.83. The molecule has 2 aromatic rings. The van der Waals surface area contributed by atoms with Crippen LogP contribution in [0.15, 0.2) is 36.5 Å². The van der Waals surface area contributed by atoms with Gasteiger partial charge in [0, 0.05) is 6.20 Å². The summed E-state index contributed by atoms with van der Waals surface area (Å²) in [6, 6.07) is 5.71. The highest BCUT2D eigenvalue weighted by molar-refractivity contribution is 6.30. The zero-order valence-electron chi connectivity index (χ0n) is 14.0. The first-order valence-electron chi connectivity index (χ1n) is 8.50. The topological polar surface area (TPSA) is 38.9 Å². The Kier molecular flexibility index (Phi) is 5.26. The number of rotatable bonds is 3. The Morgan fingerprint density at radius 2 is 1.65 bits per heavy atom. The summed E-state index contributed by atoms with van der Waals surface area (Å²) in [7, 11) is 0. The fourth-order valence-electron chi connectivity index (χ4n) is 3.76. The van der Waals surface area contributed by atoms with Crippen LogP contribution in [-0.2, 0) is 11.7 Å². The number of halogens is 5. The molecule has 1 atom stereocenters. The van der Waals surface area contributed by atoms with Crippen LogP contribution in [0.3, 0.4) is 0 Å². The summed E-state index contributed by atoms with van der Waals surface area (Å²) in [6.45, 7) is 0. The Balaban J connectivity index is 2.17. The third kappa shape index (κ3) is 3.71. The molecule has 7 heteroatoms. The van der Waals surface area contributed by atoms with Crippen molar-refractivity contribution in [3.63, 3.8) is 0 Å². The summed E-state index contributed by atoms with van der Waals surface area (Å²) in [5, 5.41) is 0.398. The molecule has 1 saturated carbocycles. The van der Waals surface area contributed by atoms with Gasteiger partial charge < -0.3 is 5.73 Å². The van der Waals surface area contributed by atoms with E-state index in [-0.39, 0.29) is 11.5 Å². The second-order valence-corrected chi connectivity index (χ2v) is 7.23. The van der Waals surface area contributed by atoms with Gasteiger partial charge in [0.2, 0.25) is 0 Å². The number of hydrogen-bond donors (Lipinski definition) is 1. The second kappa shape index (κ2) is 7.16. The first kappa shape index (κ1) is 19.1. The van der Waals surface area contributed by atoms with Gasteiger partial charge in [0.05, 0.1) is 21.8 Å². The van der Waals surface area contributed by atoms with E-state index in [4.69, 9.17) is 17.3 Å². The van der Waals surface area contributed by atoms with Crippen LogP contribution in [0, 0.1) is 11.7 Å². The number of hydrogen-bond acceptors (Lipinski definition) is 2. The van der Waals surface area contributed by atoms with Crippen LogP contribution in [0.4, 0.5) is 17.6 Å². The lowest BCUT2D eigenvalue weighted by Crippen LogP contribution is -2.47. The molecule has 140 valence electrons. The Bertz CT molecular complexity index is 770. The van der Waals surface area contributed by atoms with Crippen LogP contribution >= 0.6 is 11.6 Å². The Hall–Kier alpha value is -1.66. The van der Waals surface area contributed by atoms with Gasteiger partial charge in [-0.3, -0.25) is 4.98 Å². The molecule has 26 heavy (non-hydrogen) atoms. The maximum absolute atomic E-state index is 14.0. The first-order valence-corrected chi connectivity index (χ1v) is 8.88. The quantitative estimate of drug-likeness (QED) is 0.690. The SMILES string of the molecule is N[C@@](c1cc(F)cc(C(F)(F)F)c1)(c1ccc(Cl)cn1)C1CCCCC1. The third-order valence-corrected chi connectivity index (χ3v) is 5.33. The average molecular weight is 387 g/mol. The number of benzene rings is 1. The van der Waals surface area contributed by atoms with Crippen molar-refractivity contribution in [3.8, 4) is 0 Å². The van der Waals surface area contributed by atoms with Crippen LogP contribution in [0.1, 0.15) is 48.9 Å². The van der Waals surface area contributed by atoms with Crippen molar-refractivity contribution in [1.29, 1.82) is 0 Å². The Morgan fingerprint density at radius 3 is 2.23 bits per heavy atom. The smallest absolute Gasteiger partial charge is 0.316 e. The Morgan fingerprint density at radius 1 is 1.00 bits per heavy atom. The average Bonchev–Trinajstić information content (AvgIpc) is 2.61. The van der Waals surface area contributed by atoms with E-state index in [0.717, 1.165) is 44.2 Å². The van der Waals surface area contributed by atoms with Crippen molar-refractivity contribution in [1.82, 2.24) is 4.98 Å². The third-order valence-electron chi connectivity index (χ3n) is 5.10. The van der Waals surface area contributed by atoms with Crippen molar-refractivity contribution >= 4 is 11.6 Å². The molecular formula is C19H19ClF4N2. The van der Waals surface area contributed by atoms with Gasteiger partial charge in [-0.05, 0) is 54.7 Å². The molecule has 1 heterocycles. The summed E-state index contributed by atoms with van der Waals surface area (Å²) >= 11 is 5.89. The molecule has 1 aliphatic rings. The molecule has 0 spiro atoms. The van der Waals surface area contributed by atoms with E-state index in [1.54, 1.807) is 12.1 Å². The van der Waals surface area contributed by atoms with E-state index in [1.165, 1.54) is 6.20 Å². The summed E-state index contributed by atoms with van der Waals surface area (Å²) in [6.07, 6.45) is 1.16. The number of nitrogens with two attached hydrogens (primary N) is 1. The molecule has 0 saturated heterocycles. The summed E-state index contributed by atoms with van der Waals surface area (Å²) in [4.78, 5) is 4.26. The Labute approximate surface area is 154 Å². The van der Waals surface area contributed by atoms with Gasteiger partial charge in [0.1, 0.15) is 5.82 Å². The van der Waals surface area contributed by atoms with Gasteiger partial charge in [-0.25, -0.2) is 4.39 Å². The van der Waals surface area contributed by atoms with Crippen molar-refractivity contribution in [2.75, 3.05) is 0 Å². The number of aromatic nitrogens is 1. The maximum Gasteiger partial charge on any atom is 0.416 e. The molecule has 1 fully saturated rings. The highest BCUT2D eigenvalue weighted by Crippen LogP contribution is 2.43. The van der Waals surface area contributed by atoms with Crippen LogP contribution < -0.4 is 5.73 Å². The predicted molar refractivity (Wildman–Crippen MR) is 92.2 cm³/mol. The largest absolute Gasteiger partial charge is 0.416 e. The summed E-state index contributed by atoms with van der Waals surface area (Å²) < 4.78 is 53.6. The van der Waals surface area contributed by atoms with Crippen LogP contribution in [0.2, 0.25) is 5.02 Å². The van der Waals surface area contributed by atoms with Gasteiger partial charge in [0.25, 0.3) is 0 Å². The number of pyridine rings is 1. The molecule has 2 N–H and O–H groups in total. The monoisotopic (exact) mass is 386 g/mol. The maximum atomic E-state index is 14.0. The molecule has 0 bridgehead atoms. The number of nitrogens with zero attached hydrogens (tertiary/aromatic N) is 1. The molecule has 3 rings (SSSR count). The molecule has 0 amide bonds. The first-order chi connectivity index (χ1) is 12.2. The van der Waals surface area contributed by atoms with E-state index in [1.807, 2.05) is 0 Å². The second-order valence-electron chi connectivity index (χ2n) is 6.79. The molecule has 1 aromatic carbocycles. The zero-order valence-corrected chi connectivity index (χ0v) is 14.7. The van der Waals surface area contributed by atoms with E-state index >= 15 is 0 Å².